The minimum Gasteiger partial charge on any atom is -0.497 e. The predicted molar refractivity (Wildman–Crippen MR) is 153 cm³/mol. The average Bonchev–Trinajstić information content (AvgIpc) is 3.40. The predicted octanol–water partition coefficient (Wildman–Crippen LogP) is 4.24. The van der Waals surface area contributed by atoms with E-state index in [2.05, 4.69) is 25.5 Å². The third-order valence-corrected chi connectivity index (χ3v) is 7.47. The molecule has 2 N–H and O–H groups in total. The van der Waals surface area contributed by atoms with Crippen molar-refractivity contribution in [3.8, 4) is 17.2 Å². The highest BCUT2D eigenvalue weighted by molar-refractivity contribution is 5.95. The van der Waals surface area contributed by atoms with Crippen LogP contribution >= 0.6 is 0 Å². The van der Waals surface area contributed by atoms with Gasteiger partial charge in [-0.3, -0.25) is 4.98 Å². The molecule has 2 atom stereocenters. The number of nitrogens with zero attached hydrogens (tertiary/aromatic N) is 5. The molecule has 4 bridgehead atoms. The van der Waals surface area contributed by atoms with Crippen LogP contribution in [0.5, 0.6) is 17.2 Å². The van der Waals surface area contributed by atoms with Crippen LogP contribution in [0, 0.1) is 0 Å². The van der Waals surface area contributed by atoms with E-state index in [1.807, 2.05) is 44.3 Å². The Hall–Kier alpha value is -4.58. The van der Waals surface area contributed by atoms with Crippen LogP contribution in [0.4, 0.5) is 22.0 Å². The maximum Gasteiger partial charge on any atom is 0.328 e. The third-order valence-electron chi connectivity index (χ3n) is 7.47. The zero-order chi connectivity index (χ0) is 28.5. The first-order chi connectivity index (χ1) is 20.0. The number of amides is 1. The molecule has 214 valence electrons. The first-order valence-corrected chi connectivity index (χ1v) is 13.6. The van der Waals surface area contributed by atoms with Gasteiger partial charge in [0.2, 0.25) is 0 Å². The van der Waals surface area contributed by atoms with Crippen LogP contribution in [0.15, 0.2) is 42.9 Å². The molecule has 0 unspecified atom stereocenters. The van der Waals surface area contributed by atoms with E-state index in [-0.39, 0.29) is 18.2 Å². The van der Waals surface area contributed by atoms with Crippen molar-refractivity contribution < 1.29 is 23.7 Å². The Labute approximate surface area is 237 Å². The molecule has 0 saturated heterocycles. The molecule has 3 aromatic heterocycles. The molecule has 4 aromatic rings. The van der Waals surface area contributed by atoms with Gasteiger partial charge >= 0.3 is 6.03 Å². The zero-order valence-electron chi connectivity index (χ0n) is 23.5. The molecular weight excluding hydrogens is 526 g/mol. The second kappa shape index (κ2) is 11.1. The van der Waals surface area contributed by atoms with Gasteiger partial charge in [0.1, 0.15) is 29.2 Å². The molecule has 1 fully saturated rings. The second-order valence-electron chi connectivity index (χ2n) is 10.1. The molecule has 12 nitrogen and oxygen atoms in total. The molecule has 1 aliphatic carbocycles. The summed E-state index contributed by atoms with van der Waals surface area (Å²) < 4.78 is 24.4. The fourth-order valence-corrected chi connectivity index (χ4v) is 5.13. The number of hydrogen-bond acceptors (Lipinski definition) is 10. The summed E-state index contributed by atoms with van der Waals surface area (Å²) in [7, 11) is 5.22. The number of rotatable bonds is 7. The molecular formula is C29H33N7O5. The lowest BCUT2D eigenvalue weighted by Gasteiger charge is -2.36. The SMILES string of the molecule is CCOc1cnc2cc1Nc1cc(N(C)Cc3ccc(OC)cc3OC)c3ncn(c3n1)C(=O)N[C@@H]1CC[C@H]1OC2. The molecule has 1 aliphatic heterocycles. The summed E-state index contributed by atoms with van der Waals surface area (Å²) in [6.45, 7) is 3.23. The van der Waals surface area contributed by atoms with E-state index in [1.165, 1.54) is 10.9 Å². The molecule has 6 rings (SSSR count). The van der Waals surface area contributed by atoms with E-state index in [9.17, 15) is 4.79 Å². The van der Waals surface area contributed by atoms with Crippen molar-refractivity contribution in [2.45, 2.75) is 45.1 Å². The number of fused-ring (bicyclic) bond motifs is 4. The highest BCUT2D eigenvalue weighted by Gasteiger charge is 2.34. The highest BCUT2D eigenvalue weighted by atomic mass is 16.5. The molecule has 1 aromatic carbocycles. The van der Waals surface area contributed by atoms with Crippen LogP contribution in [0.1, 0.15) is 31.0 Å². The number of imidazole rings is 1. The van der Waals surface area contributed by atoms with E-state index >= 15 is 0 Å². The van der Waals surface area contributed by atoms with Crippen LogP contribution in [-0.2, 0) is 17.9 Å². The van der Waals surface area contributed by atoms with Crippen LogP contribution in [0.2, 0.25) is 0 Å². The van der Waals surface area contributed by atoms with Gasteiger partial charge in [-0.05, 0) is 38.0 Å². The lowest BCUT2D eigenvalue weighted by Crippen LogP contribution is -2.52. The van der Waals surface area contributed by atoms with E-state index in [4.69, 9.17) is 23.9 Å². The normalized spacial score (nSPS) is 18.0. The largest absolute Gasteiger partial charge is 0.497 e. The lowest BCUT2D eigenvalue weighted by molar-refractivity contribution is -0.0335. The first-order valence-electron chi connectivity index (χ1n) is 13.6. The van der Waals surface area contributed by atoms with Gasteiger partial charge in [0.05, 0.1) is 62.8 Å². The average molecular weight is 560 g/mol. The van der Waals surface area contributed by atoms with Crippen molar-refractivity contribution in [2.24, 2.45) is 0 Å². The van der Waals surface area contributed by atoms with Crippen LogP contribution in [0.25, 0.3) is 11.2 Å². The van der Waals surface area contributed by atoms with E-state index < -0.39 is 0 Å². The molecule has 1 saturated carbocycles. The number of hydrogen-bond donors (Lipinski definition) is 2. The standard InChI is InChI=1S/C29H33N7O5/c1-5-40-25-13-30-18-10-21(25)32-26-12-22(35(2)14-17-6-7-19(38-3)11-24(17)39-4)27-28(34-26)36(16-31-27)29(37)33-20-8-9-23(20)41-15-18/h6-7,10-13,16,20,23H,5,8-9,14-15H2,1-4H3,(H,32,34)(H,33,37)/t20-,23-/m1/s1. The van der Waals surface area contributed by atoms with Gasteiger partial charge in [-0.2, -0.15) is 0 Å². The molecule has 4 heterocycles. The summed E-state index contributed by atoms with van der Waals surface area (Å²) in [5, 5.41) is 6.49. The number of carbonyl (C=O) groups excluding carboxylic acids is 1. The first kappa shape index (κ1) is 26.6. The molecule has 12 heteroatoms. The maximum atomic E-state index is 13.4. The molecule has 41 heavy (non-hydrogen) atoms. The Morgan fingerprint density at radius 1 is 1.12 bits per heavy atom. The van der Waals surface area contributed by atoms with Crippen molar-refractivity contribution in [1.29, 1.82) is 0 Å². The highest BCUT2D eigenvalue weighted by Crippen LogP contribution is 2.35. The number of carbonyl (C=O) groups is 1. The number of aromatic nitrogens is 4. The van der Waals surface area contributed by atoms with Crippen molar-refractivity contribution in [1.82, 2.24) is 24.8 Å². The smallest absolute Gasteiger partial charge is 0.328 e. The monoisotopic (exact) mass is 559 g/mol. The van der Waals surface area contributed by atoms with Gasteiger partial charge in [0, 0.05) is 31.3 Å². The van der Waals surface area contributed by atoms with Crippen LogP contribution in [-0.4, -0.2) is 65.6 Å². The Kier molecular flexibility index (Phi) is 7.23. The van der Waals surface area contributed by atoms with Gasteiger partial charge in [-0.15, -0.1) is 0 Å². The number of methoxy groups -OCH3 is 2. The summed E-state index contributed by atoms with van der Waals surface area (Å²) in [4.78, 5) is 29.4. The number of anilines is 3. The molecule has 0 spiro atoms. The lowest BCUT2D eigenvalue weighted by atomic mass is 9.89. The number of nitrogens with one attached hydrogen (secondary N) is 2. The van der Waals surface area contributed by atoms with Gasteiger partial charge in [0.25, 0.3) is 0 Å². The maximum absolute atomic E-state index is 13.4. The van der Waals surface area contributed by atoms with Gasteiger partial charge < -0.3 is 34.5 Å². The quantitative estimate of drug-likeness (QED) is 0.340. The Balaban J connectivity index is 1.45. The molecule has 1 amide bonds. The minimum atomic E-state index is -0.301. The number of pyridine rings is 2. The molecule has 2 aliphatic rings. The summed E-state index contributed by atoms with van der Waals surface area (Å²) in [6.07, 6.45) is 4.82. The van der Waals surface area contributed by atoms with Crippen LogP contribution < -0.4 is 29.7 Å². The van der Waals surface area contributed by atoms with Crippen molar-refractivity contribution in [2.75, 3.05) is 38.1 Å². The van der Waals surface area contributed by atoms with Crippen molar-refractivity contribution in [3.05, 3.63) is 54.1 Å². The van der Waals surface area contributed by atoms with Gasteiger partial charge in [-0.1, -0.05) is 0 Å². The molecule has 0 radical (unpaired) electrons. The summed E-state index contributed by atoms with van der Waals surface area (Å²) in [5.41, 5.74) is 4.22. The van der Waals surface area contributed by atoms with E-state index in [0.29, 0.717) is 59.7 Å². The Bertz CT molecular complexity index is 1590. The summed E-state index contributed by atoms with van der Waals surface area (Å²) in [5.74, 6) is 2.54. The third kappa shape index (κ3) is 5.18. The van der Waals surface area contributed by atoms with Gasteiger partial charge in [0.15, 0.2) is 11.4 Å². The van der Waals surface area contributed by atoms with Gasteiger partial charge in [-0.25, -0.2) is 19.3 Å². The number of ether oxygens (including phenoxy) is 4. The fraction of sp³-hybridized carbons (Fsp3) is 0.379. The van der Waals surface area contributed by atoms with Crippen molar-refractivity contribution >= 4 is 34.4 Å². The van der Waals surface area contributed by atoms with Crippen LogP contribution in [0.3, 0.4) is 0 Å². The van der Waals surface area contributed by atoms with E-state index in [0.717, 1.165) is 29.8 Å². The Morgan fingerprint density at radius 2 is 2.00 bits per heavy atom. The van der Waals surface area contributed by atoms with Crippen molar-refractivity contribution in [3.63, 3.8) is 0 Å². The number of benzene rings is 1. The Morgan fingerprint density at radius 3 is 2.76 bits per heavy atom. The zero-order valence-corrected chi connectivity index (χ0v) is 23.5. The fourth-order valence-electron chi connectivity index (χ4n) is 5.13. The topological polar surface area (TPSA) is 125 Å². The minimum absolute atomic E-state index is 0.0915. The summed E-state index contributed by atoms with van der Waals surface area (Å²) >= 11 is 0. The second-order valence-corrected chi connectivity index (χ2v) is 10.1. The van der Waals surface area contributed by atoms with E-state index in [1.54, 1.807) is 20.4 Å². The summed E-state index contributed by atoms with van der Waals surface area (Å²) in [6, 6.07) is 9.15.